The van der Waals surface area contributed by atoms with Gasteiger partial charge in [-0.1, -0.05) is 0 Å². The van der Waals surface area contributed by atoms with Crippen molar-refractivity contribution in [1.29, 1.82) is 0 Å². The highest BCUT2D eigenvalue weighted by Gasteiger charge is 2.07. The van der Waals surface area contributed by atoms with Gasteiger partial charge < -0.3 is 4.57 Å². The number of hydrogen-bond donors (Lipinski definition) is 0. The molecule has 0 amide bonds. The lowest BCUT2D eigenvalue weighted by atomic mass is 10.2. The van der Waals surface area contributed by atoms with E-state index in [2.05, 4.69) is 10.1 Å². The van der Waals surface area contributed by atoms with Crippen LogP contribution in [0.25, 0.3) is 11.4 Å². The third-order valence-electron chi connectivity index (χ3n) is 1.96. The standard InChI is InChI=1S/C9H12N4/c1-7-4-13(3)11-9(7)8-5-12(2)6-10-8/h4-6H,1-3H3. The molecule has 0 radical (unpaired) electrons. The minimum Gasteiger partial charge on any atom is -0.340 e. The molecule has 2 heterocycles. The summed E-state index contributed by atoms with van der Waals surface area (Å²) in [5, 5.41) is 4.33. The first-order valence-corrected chi connectivity index (χ1v) is 4.15. The Morgan fingerprint density at radius 2 is 2.00 bits per heavy atom. The second-order valence-electron chi connectivity index (χ2n) is 3.26. The van der Waals surface area contributed by atoms with Gasteiger partial charge >= 0.3 is 0 Å². The molecule has 0 saturated carbocycles. The molecule has 2 aromatic heterocycles. The fourth-order valence-corrected chi connectivity index (χ4v) is 1.40. The summed E-state index contributed by atoms with van der Waals surface area (Å²) in [7, 11) is 3.87. The van der Waals surface area contributed by atoms with E-state index >= 15 is 0 Å². The molecule has 0 aliphatic carbocycles. The van der Waals surface area contributed by atoms with E-state index in [0.717, 1.165) is 17.0 Å². The lowest BCUT2D eigenvalue weighted by Crippen LogP contribution is -1.87. The van der Waals surface area contributed by atoms with Gasteiger partial charge in [0.1, 0.15) is 11.4 Å². The molecule has 0 fully saturated rings. The number of nitrogens with zero attached hydrogens (tertiary/aromatic N) is 4. The van der Waals surface area contributed by atoms with Crippen molar-refractivity contribution in [2.24, 2.45) is 14.1 Å². The largest absolute Gasteiger partial charge is 0.340 e. The smallest absolute Gasteiger partial charge is 0.115 e. The maximum Gasteiger partial charge on any atom is 0.115 e. The zero-order valence-electron chi connectivity index (χ0n) is 8.02. The van der Waals surface area contributed by atoms with Gasteiger partial charge in [0.05, 0.1) is 6.33 Å². The van der Waals surface area contributed by atoms with E-state index in [1.54, 1.807) is 11.0 Å². The zero-order chi connectivity index (χ0) is 9.42. The lowest BCUT2D eigenvalue weighted by Gasteiger charge is -1.90. The average Bonchev–Trinajstić information content (AvgIpc) is 2.58. The van der Waals surface area contributed by atoms with Crippen LogP contribution in [-0.2, 0) is 14.1 Å². The predicted octanol–water partition coefficient (Wildman–Crippen LogP) is 1.13. The van der Waals surface area contributed by atoms with E-state index in [-0.39, 0.29) is 0 Å². The van der Waals surface area contributed by atoms with E-state index in [9.17, 15) is 0 Å². The van der Waals surface area contributed by atoms with E-state index in [1.807, 2.05) is 38.0 Å². The maximum atomic E-state index is 4.33. The third-order valence-corrected chi connectivity index (χ3v) is 1.96. The van der Waals surface area contributed by atoms with Crippen LogP contribution < -0.4 is 0 Å². The van der Waals surface area contributed by atoms with Crippen LogP contribution in [0.1, 0.15) is 5.56 Å². The van der Waals surface area contributed by atoms with Gasteiger partial charge in [0.15, 0.2) is 0 Å². The quantitative estimate of drug-likeness (QED) is 0.653. The first-order valence-electron chi connectivity index (χ1n) is 4.15. The maximum absolute atomic E-state index is 4.33. The number of imidazole rings is 1. The van der Waals surface area contributed by atoms with Crippen LogP contribution in [0.5, 0.6) is 0 Å². The molecule has 13 heavy (non-hydrogen) atoms. The molecular formula is C9H12N4. The van der Waals surface area contributed by atoms with Gasteiger partial charge in [0.25, 0.3) is 0 Å². The molecule has 4 nitrogen and oxygen atoms in total. The first kappa shape index (κ1) is 8.04. The Bertz CT molecular complexity index is 425. The Morgan fingerprint density at radius 1 is 1.23 bits per heavy atom. The molecule has 0 aliphatic rings. The molecule has 2 aromatic rings. The van der Waals surface area contributed by atoms with Gasteiger partial charge in [-0.15, -0.1) is 0 Å². The second kappa shape index (κ2) is 2.73. The van der Waals surface area contributed by atoms with Crippen molar-refractivity contribution in [2.45, 2.75) is 6.92 Å². The number of hydrogen-bond acceptors (Lipinski definition) is 2. The molecule has 0 saturated heterocycles. The van der Waals surface area contributed by atoms with Gasteiger partial charge in [0.2, 0.25) is 0 Å². The lowest BCUT2D eigenvalue weighted by molar-refractivity contribution is 0.769. The van der Waals surface area contributed by atoms with Crippen molar-refractivity contribution in [2.75, 3.05) is 0 Å². The van der Waals surface area contributed by atoms with Crippen molar-refractivity contribution < 1.29 is 0 Å². The Morgan fingerprint density at radius 3 is 2.46 bits per heavy atom. The Balaban J connectivity index is 2.51. The number of aryl methyl sites for hydroxylation is 3. The normalized spacial score (nSPS) is 10.7. The SMILES string of the molecule is Cc1cn(C)nc1-c1cn(C)cn1. The number of aromatic nitrogens is 4. The van der Waals surface area contributed by atoms with Crippen LogP contribution in [0.2, 0.25) is 0 Å². The summed E-state index contributed by atoms with van der Waals surface area (Å²) in [6.45, 7) is 2.04. The molecule has 68 valence electrons. The molecule has 0 spiro atoms. The van der Waals surface area contributed by atoms with Gasteiger partial charge in [-0.25, -0.2) is 4.98 Å². The van der Waals surface area contributed by atoms with E-state index in [1.165, 1.54) is 0 Å². The summed E-state index contributed by atoms with van der Waals surface area (Å²) in [6.07, 6.45) is 5.74. The van der Waals surface area contributed by atoms with Crippen molar-refractivity contribution in [3.63, 3.8) is 0 Å². The highest BCUT2D eigenvalue weighted by molar-refractivity contribution is 5.56. The van der Waals surface area contributed by atoms with Crippen LogP contribution in [0.4, 0.5) is 0 Å². The van der Waals surface area contributed by atoms with E-state index in [0.29, 0.717) is 0 Å². The minimum atomic E-state index is 0.931. The second-order valence-corrected chi connectivity index (χ2v) is 3.26. The third kappa shape index (κ3) is 1.35. The van der Waals surface area contributed by atoms with Gasteiger partial charge in [-0.05, 0) is 12.5 Å². The Labute approximate surface area is 76.8 Å². The van der Waals surface area contributed by atoms with Crippen LogP contribution in [-0.4, -0.2) is 19.3 Å². The molecular weight excluding hydrogens is 164 g/mol. The van der Waals surface area contributed by atoms with Crippen LogP contribution in [0, 0.1) is 6.92 Å². The molecule has 0 aromatic carbocycles. The molecule has 0 N–H and O–H groups in total. The van der Waals surface area contributed by atoms with E-state index in [4.69, 9.17) is 0 Å². The first-order chi connectivity index (χ1) is 6.16. The van der Waals surface area contributed by atoms with Crippen LogP contribution >= 0.6 is 0 Å². The van der Waals surface area contributed by atoms with Crippen LogP contribution in [0.3, 0.4) is 0 Å². The highest BCUT2D eigenvalue weighted by atomic mass is 15.3. The predicted molar refractivity (Wildman–Crippen MR) is 50.1 cm³/mol. The summed E-state index contributed by atoms with van der Waals surface area (Å²) in [5.74, 6) is 0. The van der Waals surface area contributed by atoms with Crippen LogP contribution in [0.15, 0.2) is 18.7 Å². The summed E-state index contributed by atoms with van der Waals surface area (Å²) in [4.78, 5) is 4.25. The molecule has 4 heteroatoms. The summed E-state index contributed by atoms with van der Waals surface area (Å²) in [6, 6.07) is 0. The summed E-state index contributed by atoms with van der Waals surface area (Å²) in [5.41, 5.74) is 3.05. The zero-order valence-corrected chi connectivity index (χ0v) is 8.02. The van der Waals surface area contributed by atoms with Crippen molar-refractivity contribution in [1.82, 2.24) is 19.3 Å². The monoisotopic (exact) mass is 176 g/mol. The molecule has 0 aliphatic heterocycles. The highest BCUT2D eigenvalue weighted by Crippen LogP contribution is 2.17. The molecule has 2 rings (SSSR count). The van der Waals surface area contributed by atoms with E-state index < -0.39 is 0 Å². The summed E-state index contributed by atoms with van der Waals surface area (Å²) >= 11 is 0. The van der Waals surface area contributed by atoms with Crippen molar-refractivity contribution in [3.8, 4) is 11.4 Å². The molecule has 0 bridgehead atoms. The fraction of sp³-hybridized carbons (Fsp3) is 0.333. The molecule has 0 unspecified atom stereocenters. The minimum absolute atomic E-state index is 0.931. The molecule has 0 atom stereocenters. The van der Waals surface area contributed by atoms with Gasteiger partial charge in [-0.2, -0.15) is 5.10 Å². The Hall–Kier alpha value is -1.58. The van der Waals surface area contributed by atoms with Gasteiger partial charge in [0, 0.05) is 26.5 Å². The van der Waals surface area contributed by atoms with Gasteiger partial charge in [-0.3, -0.25) is 4.68 Å². The Kier molecular flexibility index (Phi) is 1.69. The fourth-order valence-electron chi connectivity index (χ4n) is 1.40. The van der Waals surface area contributed by atoms with Crippen molar-refractivity contribution in [3.05, 3.63) is 24.3 Å². The summed E-state index contributed by atoms with van der Waals surface area (Å²) < 4.78 is 3.72. The number of rotatable bonds is 1. The van der Waals surface area contributed by atoms with Crippen molar-refractivity contribution >= 4 is 0 Å². The average molecular weight is 176 g/mol. The topological polar surface area (TPSA) is 35.6 Å².